The number of rotatable bonds is 1. The monoisotopic (exact) mass is 254 g/mol. The van der Waals surface area contributed by atoms with Gasteiger partial charge in [-0.15, -0.1) is 0 Å². The van der Waals surface area contributed by atoms with Crippen molar-refractivity contribution < 1.29 is 32.7 Å². The fourth-order valence-corrected chi connectivity index (χ4v) is 1.01. The van der Waals surface area contributed by atoms with E-state index in [-0.39, 0.29) is 40.1 Å². The minimum absolute atomic E-state index is 0. The Morgan fingerprint density at radius 3 is 1.85 bits per heavy atom. The van der Waals surface area contributed by atoms with Crippen LogP contribution in [0, 0.1) is 14.4 Å². The van der Waals surface area contributed by atoms with Gasteiger partial charge in [-0.05, 0) is 24.5 Å². The Morgan fingerprint density at radius 2 is 1.54 bits per heavy atom. The summed E-state index contributed by atoms with van der Waals surface area (Å²) >= 11 is 0. The van der Waals surface area contributed by atoms with Crippen LogP contribution in [-0.4, -0.2) is 0 Å². The number of benzene rings is 1. The van der Waals surface area contributed by atoms with Gasteiger partial charge < -0.3 is 7.43 Å². The molecule has 1 rings (SSSR count). The van der Waals surface area contributed by atoms with Crippen molar-refractivity contribution in [2.24, 2.45) is 0 Å². The molecule has 0 aliphatic carbocycles. The van der Waals surface area contributed by atoms with Crippen molar-refractivity contribution in [2.45, 2.75) is 34.1 Å². The van der Waals surface area contributed by atoms with E-state index in [4.69, 9.17) is 0 Å². The Balaban J connectivity index is -0.000000234. The van der Waals surface area contributed by atoms with E-state index < -0.39 is 0 Å². The predicted molar refractivity (Wildman–Crippen MR) is 58.3 cm³/mol. The summed E-state index contributed by atoms with van der Waals surface area (Å²) in [6, 6.07) is 8.49. The Hall–Kier alpha value is 0.324. The molecule has 0 saturated heterocycles. The van der Waals surface area contributed by atoms with Crippen molar-refractivity contribution in [1.82, 2.24) is 0 Å². The van der Waals surface area contributed by atoms with Gasteiger partial charge in [-0.3, -0.25) is 0 Å². The smallest absolute Gasteiger partial charge is 0 e. The standard InChI is InChI=1S/C9H12.C2H6.CH3.Y/c1-3-9-7-5-4-6-8(9)2;1-2;;/h4-7H,3H2,1-2H3;1-2H3;1H3;/q;;-1;. The summed E-state index contributed by atoms with van der Waals surface area (Å²) in [5, 5.41) is 0. The van der Waals surface area contributed by atoms with Gasteiger partial charge in [0.2, 0.25) is 0 Å². The van der Waals surface area contributed by atoms with E-state index in [0.717, 1.165) is 6.42 Å². The zero-order chi connectivity index (χ0) is 8.69. The van der Waals surface area contributed by atoms with Gasteiger partial charge in [0.1, 0.15) is 0 Å². The Morgan fingerprint density at radius 1 is 1.08 bits per heavy atom. The zero-order valence-electron chi connectivity index (χ0n) is 9.59. The second-order valence-corrected chi connectivity index (χ2v) is 2.28. The molecule has 0 bridgehead atoms. The van der Waals surface area contributed by atoms with Crippen LogP contribution in [0.3, 0.4) is 0 Å². The molecular formula is C12H21Y-. The van der Waals surface area contributed by atoms with Crippen LogP contribution in [0.4, 0.5) is 0 Å². The summed E-state index contributed by atoms with van der Waals surface area (Å²) in [6.07, 6.45) is 1.15. The van der Waals surface area contributed by atoms with Crippen molar-refractivity contribution in [3.63, 3.8) is 0 Å². The van der Waals surface area contributed by atoms with E-state index in [0.29, 0.717) is 0 Å². The van der Waals surface area contributed by atoms with Crippen LogP contribution in [0.2, 0.25) is 0 Å². The maximum absolute atomic E-state index is 2.18. The molecule has 0 atom stereocenters. The molecule has 0 spiro atoms. The maximum Gasteiger partial charge on any atom is 0 e. The summed E-state index contributed by atoms with van der Waals surface area (Å²) in [5.74, 6) is 0. The van der Waals surface area contributed by atoms with Gasteiger partial charge in [-0.2, -0.15) is 0 Å². The molecule has 0 saturated carbocycles. The topological polar surface area (TPSA) is 0 Å². The van der Waals surface area contributed by atoms with Crippen LogP contribution in [0.5, 0.6) is 0 Å². The van der Waals surface area contributed by atoms with E-state index in [9.17, 15) is 0 Å². The van der Waals surface area contributed by atoms with Gasteiger partial charge in [-0.25, -0.2) is 0 Å². The molecule has 1 aromatic rings. The minimum Gasteiger partial charge on any atom is -0.358 e. The van der Waals surface area contributed by atoms with Gasteiger partial charge in [0.05, 0.1) is 0 Å². The van der Waals surface area contributed by atoms with Gasteiger partial charge in [0.25, 0.3) is 0 Å². The van der Waals surface area contributed by atoms with Crippen molar-refractivity contribution in [2.75, 3.05) is 0 Å². The Kier molecular flexibility index (Phi) is 18.0. The third kappa shape index (κ3) is 7.40. The summed E-state index contributed by atoms with van der Waals surface area (Å²) in [7, 11) is 0. The molecular weight excluding hydrogens is 233 g/mol. The SMILES string of the molecule is CC.CCc1ccccc1C.[CH3-].[Y]. The number of hydrogen-bond acceptors (Lipinski definition) is 0. The van der Waals surface area contributed by atoms with Crippen molar-refractivity contribution >= 4 is 0 Å². The van der Waals surface area contributed by atoms with Crippen molar-refractivity contribution in [1.29, 1.82) is 0 Å². The summed E-state index contributed by atoms with van der Waals surface area (Å²) in [4.78, 5) is 0. The number of hydrogen-bond donors (Lipinski definition) is 0. The van der Waals surface area contributed by atoms with E-state index in [2.05, 4.69) is 38.1 Å². The molecule has 0 N–H and O–H groups in total. The third-order valence-electron chi connectivity index (χ3n) is 1.64. The van der Waals surface area contributed by atoms with Gasteiger partial charge in [0, 0.05) is 32.7 Å². The minimum atomic E-state index is 0. The second kappa shape index (κ2) is 12.3. The molecule has 0 unspecified atom stereocenters. The Bertz CT molecular complexity index is 194. The second-order valence-electron chi connectivity index (χ2n) is 2.28. The van der Waals surface area contributed by atoms with Crippen LogP contribution >= 0.6 is 0 Å². The zero-order valence-corrected chi connectivity index (χ0v) is 12.4. The van der Waals surface area contributed by atoms with Crippen LogP contribution < -0.4 is 0 Å². The molecule has 0 amide bonds. The average molecular weight is 254 g/mol. The first-order chi connectivity index (χ1) is 5.34. The fraction of sp³-hybridized carbons (Fsp3) is 0.417. The molecule has 0 aromatic heterocycles. The summed E-state index contributed by atoms with van der Waals surface area (Å²) in [5.41, 5.74) is 2.86. The summed E-state index contributed by atoms with van der Waals surface area (Å²) < 4.78 is 0. The first-order valence-electron chi connectivity index (χ1n) is 4.39. The molecule has 73 valence electrons. The molecule has 0 aliphatic rings. The normalized spacial score (nSPS) is 7.08. The third-order valence-corrected chi connectivity index (χ3v) is 1.64. The van der Waals surface area contributed by atoms with Crippen molar-refractivity contribution in [3.05, 3.63) is 42.8 Å². The van der Waals surface area contributed by atoms with Crippen LogP contribution in [-0.2, 0) is 39.1 Å². The maximum atomic E-state index is 2.18. The van der Waals surface area contributed by atoms with Crippen LogP contribution in [0.15, 0.2) is 24.3 Å². The summed E-state index contributed by atoms with van der Waals surface area (Å²) in [6.45, 7) is 8.33. The van der Waals surface area contributed by atoms with E-state index in [1.165, 1.54) is 11.1 Å². The molecule has 13 heavy (non-hydrogen) atoms. The number of aryl methyl sites for hydroxylation is 2. The molecule has 0 heterocycles. The van der Waals surface area contributed by atoms with Gasteiger partial charge >= 0.3 is 0 Å². The van der Waals surface area contributed by atoms with E-state index in [1.54, 1.807) is 0 Å². The van der Waals surface area contributed by atoms with Gasteiger partial charge in [0.15, 0.2) is 0 Å². The quantitative estimate of drug-likeness (QED) is 0.664. The molecule has 0 nitrogen and oxygen atoms in total. The molecule has 1 heteroatoms. The van der Waals surface area contributed by atoms with Crippen LogP contribution in [0.1, 0.15) is 31.9 Å². The molecule has 1 radical (unpaired) electrons. The van der Waals surface area contributed by atoms with E-state index in [1.807, 2.05) is 13.8 Å². The Labute approximate surface area is 109 Å². The van der Waals surface area contributed by atoms with Crippen LogP contribution in [0.25, 0.3) is 0 Å². The first-order valence-corrected chi connectivity index (χ1v) is 4.39. The van der Waals surface area contributed by atoms with E-state index >= 15 is 0 Å². The fourth-order valence-electron chi connectivity index (χ4n) is 1.01. The molecule has 0 aliphatic heterocycles. The predicted octanol–water partition coefficient (Wildman–Crippen LogP) is 4.03. The molecule has 1 aromatic carbocycles. The molecule has 0 fully saturated rings. The largest absolute Gasteiger partial charge is 0.358 e. The van der Waals surface area contributed by atoms with Gasteiger partial charge in [-0.1, -0.05) is 45.0 Å². The van der Waals surface area contributed by atoms with Crippen molar-refractivity contribution in [3.8, 4) is 0 Å². The first kappa shape index (κ1) is 19.0. The average Bonchev–Trinajstić information content (AvgIpc) is 2.09.